The van der Waals surface area contributed by atoms with Crippen LogP contribution in [-0.2, 0) is 0 Å². The summed E-state index contributed by atoms with van der Waals surface area (Å²) in [6.07, 6.45) is 4.91. The van der Waals surface area contributed by atoms with Gasteiger partial charge in [0.25, 0.3) is 0 Å². The Kier molecular flexibility index (Phi) is 5.62. The number of carboxylic acid groups (broad SMARTS) is 1. The van der Waals surface area contributed by atoms with E-state index < -0.39 is 5.97 Å². The van der Waals surface area contributed by atoms with Crippen LogP contribution in [0.1, 0.15) is 50.4 Å². The monoisotopic (exact) mass is 250 g/mol. The fraction of sp³-hybridized carbons (Fsp3) is 0.571. The summed E-state index contributed by atoms with van der Waals surface area (Å²) in [6.45, 7) is 6.57. The van der Waals surface area contributed by atoms with Crippen molar-refractivity contribution < 1.29 is 9.90 Å². The van der Waals surface area contributed by atoms with Crippen LogP contribution in [0.3, 0.4) is 0 Å². The molecule has 4 nitrogen and oxygen atoms in total. The summed E-state index contributed by atoms with van der Waals surface area (Å²) in [5.41, 5.74) is 0.216. The van der Waals surface area contributed by atoms with Gasteiger partial charge in [-0.05, 0) is 31.4 Å². The first-order valence-corrected chi connectivity index (χ1v) is 6.45. The highest BCUT2D eigenvalue weighted by atomic mass is 16.4. The first kappa shape index (κ1) is 14.5. The number of aromatic carboxylic acids is 1. The number of nitrogens with one attached hydrogen (secondary N) is 1. The van der Waals surface area contributed by atoms with E-state index in [1.165, 1.54) is 19.0 Å². The molecular weight excluding hydrogens is 228 g/mol. The number of carboxylic acids is 1. The third kappa shape index (κ3) is 5.17. The Morgan fingerprint density at radius 3 is 2.56 bits per heavy atom. The van der Waals surface area contributed by atoms with Gasteiger partial charge in [-0.1, -0.05) is 26.7 Å². The van der Waals surface area contributed by atoms with Crippen molar-refractivity contribution in [3.8, 4) is 0 Å². The number of rotatable bonds is 7. The predicted molar refractivity (Wildman–Crippen MR) is 73.0 cm³/mol. The maximum absolute atomic E-state index is 10.7. The number of anilines is 1. The molecular formula is C14H22N2O2. The molecule has 4 heteroatoms. The third-order valence-electron chi connectivity index (χ3n) is 2.82. The lowest BCUT2D eigenvalue weighted by molar-refractivity contribution is 0.0696. The Hall–Kier alpha value is -1.58. The van der Waals surface area contributed by atoms with Crippen molar-refractivity contribution in [3.05, 3.63) is 23.9 Å². The molecule has 0 aliphatic carbocycles. The Bertz CT molecular complexity index is 374. The fourth-order valence-corrected chi connectivity index (χ4v) is 1.76. The maximum atomic E-state index is 10.7. The van der Waals surface area contributed by atoms with Gasteiger partial charge in [0.1, 0.15) is 5.82 Å². The van der Waals surface area contributed by atoms with Gasteiger partial charge in [0.05, 0.1) is 5.56 Å². The Balaban J connectivity index is 2.39. The van der Waals surface area contributed by atoms with Gasteiger partial charge in [-0.2, -0.15) is 0 Å². The van der Waals surface area contributed by atoms with Crippen molar-refractivity contribution in [2.75, 3.05) is 5.32 Å². The van der Waals surface area contributed by atoms with Crippen LogP contribution in [0.2, 0.25) is 0 Å². The van der Waals surface area contributed by atoms with Crippen LogP contribution >= 0.6 is 0 Å². The summed E-state index contributed by atoms with van der Waals surface area (Å²) in [7, 11) is 0. The van der Waals surface area contributed by atoms with Crippen LogP contribution in [0.5, 0.6) is 0 Å². The standard InChI is InChI=1S/C14H22N2O2/c1-10(2)5-4-6-11(3)16-13-8-7-12(9-15-13)14(17)18/h7-11H,4-6H2,1-3H3,(H,15,16)(H,17,18). The number of nitrogens with zero attached hydrogens (tertiary/aromatic N) is 1. The van der Waals surface area contributed by atoms with Gasteiger partial charge >= 0.3 is 5.97 Å². The van der Waals surface area contributed by atoms with E-state index in [0.717, 1.165) is 18.2 Å². The van der Waals surface area contributed by atoms with Crippen LogP contribution in [0.4, 0.5) is 5.82 Å². The van der Waals surface area contributed by atoms with Gasteiger partial charge < -0.3 is 10.4 Å². The van der Waals surface area contributed by atoms with Crippen LogP contribution in [0, 0.1) is 5.92 Å². The first-order chi connectivity index (χ1) is 8.49. The summed E-state index contributed by atoms with van der Waals surface area (Å²) < 4.78 is 0. The van der Waals surface area contributed by atoms with E-state index in [4.69, 9.17) is 5.11 Å². The SMILES string of the molecule is CC(C)CCCC(C)Nc1ccc(C(=O)O)cn1. The lowest BCUT2D eigenvalue weighted by Crippen LogP contribution is -2.16. The molecule has 0 aliphatic rings. The van der Waals surface area contributed by atoms with Crippen LogP contribution in [0.25, 0.3) is 0 Å². The topological polar surface area (TPSA) is 62.2 Å². The predicted octanol–water partition coefficient (Wildman–Crippen LogP) is 3.41. The summed E-state index contributed by atoms with van der Waals surface area (Å²) in [5, 5.41) is 12.0. The summed E-state index contributed by atoms with van der Waals surface area (Å²) >= 11 is 0. The Morgan fingerprint density at radius 1 is 1.33 bits per heavy atom. The highest BCUT2D eigenvalue weighted by molar-refractivity contribution is 5.87. The largest absolute Gasteiger partial charge is 0.478 e. The zero-order valence-electron chi connectivity index (χ0n) is 11.3. The van der Waals surface area contributed by atoms with Crippen LogP contribution in [0.15, 0.2) is 18.3 Å². The highest BCUT2D eigenvalue weighted by Gasteiger charge is 2.06. The molecule has 1 unspecified atom stereocenters. The van der Waals surface area contributed by atoms with Crippen molar-refractivity contribution in [1.82, 2.24) is 4.98 Å². The lowest BCUT2D eigenvalue weighted by Gasteiger charge is -2.15. The van der Waals surface area contributed by atoms with Crippen molar-refractivity contribution in [1.29, 1.82) is 0 Å². The van der Waals surface area contributed by atoms with Crippen LogP contribution < -0.4 is 5.32 Å². The van der Waals surface area contributed by atoms with Crippen molar-refractivity contribution in [2.24, 2.45) is 5.92 Å². The molecule has 0 spiro atoms. The van der Waals surface area contributed by atoms with Gasteiger partial charge in [-0.25, -0.2) is 9.78 Å². The molecule has 0 saturated carbocycles. The van der Waals surface area contributed by atoms with E-state index >= 15 is 0 Å². The zero-order valence-corrected chi connectivity index (χ0v) is 11.3. The maximum Gasteiger partial charge on any atom is 0.337 e. The minimum Gasteiger partial charge on any atom is -0.478 e. The molecule has 0 aliphatic heterocycles. The minimum absolute atomic E-state index is 0.216. The summed E-state index contributed by atoms with van der Waals surface area (Å²) in [6, 6.07) is 3.63. The molecule has 1 aromatic heterocycles. The number of hydrogen-bond acceptors (Lipinski definition) is 3. The fourth-order valence-electron chi connectivity index (χ4n) is 1.76. The normalized spacial score (nSPS) is 12.4. The molecule has 0 amide bonds. The first-order valence-electron chi connectivity index (χ1n) is 6.45. The lowest BCUT2D eigenvalue weighted by atomic mass is 10.0. The van der Waals surface area contributed by atoms with E-state index in [1.807, 2.05) is 0 Å². The average molecular weight is 250 g/mol. The molecule has 18 heavy (non-hydrogen) atoms. The second kappa shape index (κ2) is 6.99. The smallest absolute Gasteiger partial charge is 0.337 e. The van der Waals surface area contributed by atoms with E-state index in [-0.39, 0.29) is 5.56 Å². The van der Waals surface area contributed by atoms with E-state index in [9.17, 15) is 4.79 Å². The molecule has 1 heterocycles. The number of hydrogen-bond donors (Lipinski definition) is 2. The van der Waals surface area contributed by atoms with Crippen LogP contribution in [-0.4, -0.2) is 22.1 Å². The second-order valence-corrected chi connectivity index (χ2v) is 5.11. The Morgan fingerprint density at radius 2 is 2.06 bits per heavy atom. The Labute approximate surface area is 108 Å². The van der Waals surface area contributed by atoms with Gasteiger partial charge in [0, 0.05) is 12.2 Å². The van der Waals surface area contributed by atoms with Gasteiger partial charge in [-0.15, -0.1) is 0 Å². The van der Waals surface area contributed by atoms with Crippen molar-refractivity contribution >= 4 is 11.8 Å². The third-order valence-corrected chi connectivity index (χ3v) is 2.82. The minimum atomic E-state index is -0.945. The molecule has 1 rings (SSSR count). The molecule has 0 radical (unpaired) electrons. The molecule has 1 aromatic rings. The molecule has 0 fully saturated rings. The summed E-state index contributed by atoms with van der Waals surface area (Å²) in [5.74, 6) is 0.529. The highest BCUT2D eigenvalue weighted by Crippen LogP contribution is 2.12. The molecule has 1 atom stereocenters. The van der Waals surface area contributed by atoms with Gasteiger partial charge in [-0.3, -0.25) is 0 Å². The number of carbonyl (C=O) groups is 1. The second-order valence-electron chi connectivity index (χ2n) is 5.11. The number of aromatic nitrogens is 1. The molecule has 0 aromatic carbocycles. The zero-order chi connectivity index (χ0) is 13.5. The number of pyridine rings is 1. The van der Waals surface area contributed by atoms with E-state index in [0.29, 0.717) is 6.04 Å². The van der Waals surface area contributed by atoms with E-state index in [2.05, 4.69) is 31.1 Å². The van der Waals surface area contributed by atoms with Gasteiger partial charge in [0.2, 0.25) is 0 Å². The molecule has 100 valence electrons. The van der Waals surface area contributed by atoms with Crippen molar-refractivity contribution in [2.45, 2.75) is 46.1 Å². The molecule has 0 bridgehead atoms. The molecule has 2 N–H and O–H groups in total. The quantitative estimate of drug-likeness (QED) is 0.778. The van der Waals surface area contributed by atoms with E-state index in [1.54, 1.807) is 12.1 Å². The molecule has 0 saturated heterocycles. The summed E-state index contributed by atoms with van der Waals surface area (Å²) in [4.78, 5) is 14.8. The van der Waals surface area contributed by atoms with Crippen molar-refractivity contribution in [3.63, 3.8) is 0 Å². The average Bonchev–Trinajstić information content (AvgIpc) is 2.29. The van der Waals surface area contributed by atoms with Gasteiger partial charge in [0.15, 0.2) is 0 Å².